The average molecular weight is 228 g/mol. The van der Waals surface area contributed by atoms with Gasteiger partial charge in [-0.3, -0.25) is 0 Å². The first kappa shape index (κ1) is 10.5. The molecule has 0 spiro atoms. The molecule has 0 unspecified atom stereocenters. The van der Waals surface area contributed by atoms with E-state index in [4.69, 9.17) is 22.1 Å². The van der Waals surface area contributed by atoms with Crippen molar-refractivity contribution in [2.24, 2.45) is 0 Å². The van der Waals surface area contributed by atoms with Gasteiger partial charge in [-0.15, -0.1) is 0 Å². The summed E-state index contributed by atoms with van der Waals surface area (Å²) < 4.78 is 5.71. The van der Waals surface area contributed by atoms with Crippen LogP contribution in [-0.4, -0.2) is 16.1 Å². The summed E-state index contributed by atoms with van der Waals surface area (Å²) in [4.78, 5) is 7.96. The molecule has 0 atom stereocenters. The van der Waals surface area contributed by atoms with Crippen molar-refractivity contribution in [3.63, 3.8) is 0 Å². The van der Waals surface area contributed by atoms with Gasteiger partial charge in [-0.2, -0.15) is 4.98 Å². The number of nitrogens with two attached hydrogens (primary N) is 1. The van der Waals surface area contributed by atoms with E-state index in [2.05, 4.69) is 9.97 Å². The van der Waals surface area contributed by atoms with Crippen molar-refractivity contribution in [1.82, 2.24) is 9.97 Å². The number of aryl methyl sites for hydroxylation is 1. The summed E-state index contributed by atoms with van der Waals surface area (Å²) in [5.41, 5.74) is 6.98. The fourth-order valence-corrected chi connectivity index (χ4v) is 1.98. The number of nitrogens with zero attached hydrogens (tertiary/aromatic N) is 2. The molecule has 1 fully saturated rings. The number of aromatic nitrogens is 2. The van der Waals surface area contributed by atoms with Crippen LogP contribution in [0.2, 0.25) is 5.28 Å². The molecule has 15 heavy (non-hydrogen) atoms. The second-order valence-electron chi connectivity index (χ2n) is 3.82. The normalized spacial score (nSPS) is 16.9. The van der Waals surface area contributed by atoms with Gasteiger partial charge in [0.15, 0.2) is 0 Å². The minimum atomic E-state index is 0.190. The molecule has 1 aliphatic rings. The van der Waals surface area contributed by atoms with Crippen LogP contribution in [0.1, 0.15) is 31.4 Å². The maximum Gasteiger partial charge on any atom is 0.242 e. The number of rotatable bonds is 2. The molecule has 1 aromatic rings. The predicted molar refractivity (Wildman–Crippen MR) is 59.1 cm³/mol. The van der Waals surface area contributed by atoms with Crippen LogP contribution in [0.4, 0.5) is 5.69 Å². The number of anilines is 1. The monoisotopic (exact) mass is 227 g/mol. The Bertz CT molecular complexity index is 364. The Hall–Kier alpha value is -1.03. The van der Waals surface area contributed by atoms with Crippen LogP contribution in [0.25, 0.3) is 0 Å². The molecule has 5 heteroatoms. The molecule has 1 aromatic heterocycles. The van der Waals surface area contributed by atoms with E-state index in [-0.39, 0.29) is 11.4 Å². The first-order valence-electron chi connectivity index (χ1n) is 5.13. The molecule has 4 nitrogen and oxygen atoms in total. The molecule has 82 valence electrons. The molecule has 2 rings (SSSR count). The third kappa shape index (κ3) is 2.31. The zero-order chi connectivity index (χ0) is 10.8. The van der Waals surface area contributed by atoms with Crippen molar-refractivity contribution in [1.29, 1.82) is 0 Å². The van der Waals surface area contributed by atoms with Gasteiger partial charge in [-0.05, 0) is 44.2 Å². The first-order chi connectivity index (χ1) is 7.16. The Balaban J connectivity index is 2.19. The van der Waals surface area contributed by atoms with Crippen molar-refractivity contribution >= 4 is 17.3 Å². The lowest BCUT2D eigenvalue weighted by Crippen LogP contribution is -2.14. The Kier molecular flexibility index (Phi) is 2.95. The molecule has 0 radical (unpaired) electrons. The molecular formula is C10H14ClN3O. The van der Waals surface area contributed by atoms with E-state index in [1.807, 2.05) is 0 Å². The Labute approximate surface area is 93.8 Å². The molecule has 2 N–H and O–H groups in total. The molecular weight excluding hydrogens is 214 g/mol. The van der Waals surface area contributed by atoms with Crippen molar-refractivity contribution in [3.8, 4) is 5.88 Å². The zero-order valence-electron chi connectivity index (χ0n) is 8.66. The highest BCUT2D eigenvalue weighted by Gasteiger charge is 2.19. The first-order valence-corrected chi connectivity index (χ1v) is 5.51. The predicted octanol–water partition coefficient (Wildman–Crippen LogP) is 2.34. The zero-order valence-corrected chi connectivity index (χ0v) is 9.42. The molecule has 0 aromatic carbocycles. The summed E-state index contributed by atoms with van der Waals surface area (Å²) in [7, 11) is 0. The summed E-state index contributed by atoms with van der Waals surface area (Å²) in [6.07, 6.45) is 4.79. The van der Waals surface area contributed by atoms with Gasteiger partial charge in [-0.1, -0.05) is 0 Å². The molecule has 1 heterocycles. The average Bonchev–Trinajstić information content (AvgIpc) is 2.66. The summed E-state index contributed by atoms with van der Waals surface area (Å²) in [5, 5.41) is 0.190. The van der Waals surface area contributed by atoms with Crippen LogP contribution in [0.5, 0.6) is 5.88 Å². The summed E-state index contributed by atoms with van der Waals surface area (Å²) in [6, 6.07) is 0. The fourth-order valence-electron chi connectivity index (χ4n) is 1.78. The van der Waals surface area contributed by atoms with Gasteiger partial charge in [0.1, 0.15) is 11.8 Å². The number of halogens is 1. The van der Waals surface area contributed by atoms with E-state index in [0.29, 0.717) is 17.3 Å². The van der Waals surface area contributed by atoms with E-state index in [9.17, 15) is 0 Å². The van der Waals surface area contributed by atoms with Crippen LogP contribution in [0.15, 0.2) is 0 Å². The lowest BCUT2D eigenvalue weighted by Gasteiger charge is -2.14. The Morgan fingerprint density at radius 3 is 2.67 bits per heavy atom. The molecule has 0 aliphatic heterocycles. The van der Waals surface area contributed by atoms with Crippen LogP contribution in [0, 0.1) is 6.92 Å². The van der Waals surface area contributed by atoms with Gasteiger partial charge in [0, 0.05) is 0 Å². The van der Waals surface area contributed by atoms with E-state index in [1.165, 1.54) is 12.8 Å². The molecule has 0 bridgehead atoms. The minimum Gasteiger partial charge on any atom is -0.473 e. The van der Waals surface area contributed by atoms with Gasteiger partial charge in [-0.25, -0.2) is 4.98 Å². The van der Waals surface area contributed by atoms with Crippen molar-refractivity contribution in [2.75, 3.05) is 5.73 Å². The van der Waals surface area contributed by atoms with Crippen LogP contribution >= 0.6 is 11.6 Å². The van der Waals surface area contributed by atoms with Crippen molar-refractivity contribution in [2.45, 2.75) is 38.7 Å². The highest BCUT2D eigenvalue weighted by molar-refractivity contribution is 6.28. The van der Waals surface area contributed by atoms with Crippen LogP contribution in [-0.2, 0) is 0 Å². The highest BCUT2D eigenvalue weighted by atomic mass is 35.5. The topological polar surface area (TPSA) is 61.0 Å². The van der Waals surface area contributed by atoms with Gasteiger partial charge >= 0.3 is 0 Å². The van der Waals surface area contributed by atoms with Crippen LogP contribution < -0.4 is 10.5 Å². The lowest BCUT2D eigenvalue weighted by molar-refractivity contribution is 0.202. The standard InChI is InChI=1S/C10H14ClN3O/c1-6-8(12)9(14-10(11)13-6)15-7-4-2-3-5-7/h7H,2-5,12H2,1H3. The smallest absolute Gasteiger partial charge is 0.242 e. The maximum absolute atomic E-state index is 5.82. The largest absolute Gasteiger partial charge is 0.473 e. The summed E-state index contributed by atoms with van der Waals surface area (Å²) in [5.74, 6) is 0.430. The van der Waals surface area contributed by atoms with Crippen LogP contribution in [0.3, 0.4) is 0 Å². The number of hydrogen-bond acceptors (Lipinski definition) is 4. The Morgan fingerprint density at radius 2 is 2.00 bits per heavy atom. The number of ether oxygens (including phenoxy) is 1. The van der Waals surface area contributed by atoms with Crippen molar-refractivity contribution in [3.05, 3.63) is 11.0 Å². The van der Waals surface area contributed by atoms with Gasteiger partial charge in [0.05, 0.1) is 5.69 Å². The second-order valence-corrected chi connectivity index (χ2v) is 4.16. The van der Waals surface area contributed by atoms with E-state index >= 15 is 0 Å². The summed E-state index contributed by atoms with van der Waals surface area (Å²) in [6.45, 7) is 1.80. The van der Waals surface area contributed by atoms with Gasteiger partial charge < -0.3 is 10.5 Å². The lowest BCUT2D eigenvalue weighted by atomic mass is 10.3. The molecule has 1 saturated carbocycles. The second kappa shape index (κ2) is 4.23. The molecule has 1 aliphatic carbocycles. The molecule has 0 saturated heterocycles. The van der Waals surface area contributed by atoms with Gasteiger partial charge in [0.2, 0.25) is 11.2 Å². The summed E-state index contributed by atoms with van der Waals surface area (Å²) >= 11 is 5.75. The minimum absolute atomic E-state index is 0.190. The van der Waals surface area contributed by atoms with E-state index in [0.717, 1.165) is 12.8 Å². The number of hydrogen-bond donors (Lipinski definition) is 1. The third-order valence-electron chi connectivity index (χ3n) is 2.65. The van der Waals surface area contributed by atoms with Crippen molar-refractivity contribution < 1.29 is 4.74 Å². The van der Waals surface area contributed by atoms with E-state index < -0.39 is 0 Å². The quantitative estimate of drug-likeness (QED) is 0.788. The number of nitrogen functional groups attached to an aromatic ring is 1. The molecule has 0 amide bonds. The Morgan fingerprint density at radius 1 is 1.33 bits per heavy atom. The fraction of sp³-hybridized carbons (Fsp3) is 0.600. The third-order valence-corrected chi connectivity index (χ3v) is 2.82. The highest BCUT2D eigenvalue weighted by Crippen LogP contribution is 2.28. The maximum atomic E-state index is 5.82. The SMILES string of the molecule is Cc1nc(Cl)nc(OC2CCCC2)c1N. The van der Waals surface area contributed by atoms with E-state index in [1.54, 1.807) is 6.92 Å². The van der Waals surface area contributed by atoms with Gasteiger partial charge in [0.25, 0.3) is 0 Å².